The normalized spacial score (nSPS) is 14.6. The second-order valence-electron chi connectivity index (χ2n) is 4.31. The summed E-state index contributed by atoms with van der Waals surface area (Å²) in [6.45, 7) is 0. The Balaban J connectivity index is 1.92. The molecule has 1 N–H and O–H groups in total. The largest absolute Gasteiger partial charge is 0.351 e. The van der Waals surface area contributed by atoms with Crippen LogP contribution in [0.1, 0.15) is 12.8 Å². The van der Waals surface area contributed by atoms with Crippen LogP contribution in [0.2, 0.25) is 10.0 Å². The Kier molecular flexibility index (Phi) is 3.10. The summed E-state index contributed by atoms with van der Waals surface area (Å²) in [6.07, 6.45) is 4.14. The van der Waals surface area contributed by atoms with E-state index in [1.807, 2.05) is 18.2 Å². The number of hydrogen-bond acceptors (Lipinski definition) is 3. The van der Waals surface area contributed by atoms with Gasteiger partial charge in [0.15, 0.2) is 0 Å². The maximum absolute atomic E-state index is 6.01. The molecule has 3 nitrogen and oxygen atoms in total. The third kappa shape index (κ3) is 2.57. The molecule has 1 aliphatic carbocycles. The maximum atomic E-state index is 6.01. The van der Waals surface area contributed by atoms with Crippen LogP contribution in [0, 0.1) is 0 Å². The van der Waals surface area contributed by atoms with E-state index in [4.69, 9.17) is 23.2 Å². The van der Waals surface area contributed by atoms with Crippen molar-refractivity contribution in [2.75, 3.05) is 5.32 Å². The van der Waals surface area contributed by atoms with Crippen molar-refractivity contribution in [2.24, 2.45) is 0 Å². The predicted octanol–water partition coefficient (Wildman–Crippen LogP) is 4.02. The summed E-state index contributed by atoms with van der Waals surface area (Å²) in [7, 11) is 0. The van der Waals surface area contributed by atoms with E-state index in [-0.39, 0.29) is 0 Å². The van der Waals surface area contributed by atoms with Gasteiger partial charge in [0, 0.05) is 17.8 Å². The molecular formula is C13H11Cl2N3. The Labute approximate surface area is 115 Å². The zero-order chi connectivity index (χ0) is 12.5. The molecule has 0 amide bonds. The smallest absolute Gasteiger partial charge is 0.223 e. The van der Waals surface area contributed by atoms with E-state index < -0.39 is 0 Å². The van der Waals surface area contributed by atoms with E-state index in [1.54, 1.807) is 12.3 Å². The van der Waals surface area contributed by atoms with Crippen LogP contribution in [-0.4, -0.2) is 16.0 Å². The van der Waals surface area contributed by atoms with E-state index in [9.17, 15) is 0 Å². The van der Waals surface area contributed by atoms with Crippen LogP contribution >= 0.6 is 23.2 Å². The molecule has 1 aromatic carbocycles. The summed E-state index contributed by atoms with van der Waals surface area (Å²) in [5.74, 6) is 0.668. The summed E-state index contributed by atoms with van der Waals surface area (Å²) in [4.78, 5) is 8.67. The van der Waals surface area contributed by atoms with Crippen LogP contribution in [0.4, 0.5) is 5.95 Å². The molecule has 0 atom stereocenters. The van der Waals surface area contributed by atoms with E-state index in [1.165, 1.54) is 12.8 Å². The third-order valence-electron chi connectivity index (χ3n) is 2.78. The number of nitrogens with one attached hydrogen (secondary N) is 1. The molecule has 1 heterocycles. The minimum absolute atomic E-state index is 0.532. The quantitative estimate of drug-likeness (QED) is 0.922. The molecule has 92 valence electrons. The molecular weight excluding hydrogens is 269 g/mol. The lowest BCUT2D eigenvalue weighted by Crippen LogP contribution is -2.05. The van der Waals surface area contributed by atoms with Crippen LogP contribution in [0.25, 0.3) is 11.3 Å². The fourth-order valence-corrected chi connectivity index (χ4v) is 1.95. The van der Waals surface area contributed by atoms with Crippen molar-refractivity contribution < 1.29 is 0 Å². The highest BCUT2D eigenvalue weighted by Crippen LogP contribution is 2.28. The summed E-state index contributed by atoms with van der Waals surface area (Å²) >= 11 is 11.9. The Morgan fingerprint density at radius 3 is 2.67 bits per heavy atom. The molecule has 1 aliphatic rings. The van der Waals surface area contributed by atoms with Crippen molar-refractivity contribution in [3.63, 3.8) is 0 Å². The average Bonchev–Trinajstić information content (AvgIpc) is 3.17. The fourth-order valence-electron chi connectivity index (χ4n) is 1.65. The molecule has 18 heavy (non-hydrogen) atoms. The molecule has 0 radical (unpaired) electrons. The highest BCUT2D eigenvalue weighted by molar-refractivity contribution is 6.42. The van der Waals surface area contributed by atoms with Gasteiger partial charge in [-0.2, -0.15) is 0 Å². The average molecular weight is 280 g/mol. The lowest BCUT2D eigenvalue weighted by molar-refractivity contribution is 1.06. The van der Waals surface area contributed by atoms with Crippen LogP contribution in [0.3, 0.4) is 0 Å². The molecule has 5 heteroatoms. The van der Waals surface area contributed by atoms with Crippen molar-refractivity contribution in [3.05, 3.63) is 40.5 Å². The number of halogens is 2. The molecule has 0 saturated heterocycles. The first-order valence-corrected chi connectivity index (χ1v) is 6.53. The lowest BCUT2D eigenvalue weighted by atomic mass is 10.1. The number of hydrogen-bond donors (Lipinski definition) is 1. The van der Waals surface area contributed by atoms with Gasteiger partial charge in [-0.1, -0.05) is 29.3 Å². The Morgan fingerprint density at radius 2 is 1.94 bits per heavy atom. The number of anilines is 1. The predicted molar refractivity (Wildman–Crippen MR) is 74.1 cm³/mol. The first-order chi connectivity index (χ1) is 8.72. The Bertz CT molecular complexity index is 582. The zero-order valence-electron chi connectivity index (χ0n) is 9.53. The van der Waals surface area contributed by atoms with Gasteiger partial charge in [0.2, 0.25) is 5.95 Å². The summed E-state index contributed by atoms with van der Waals surface area (Å²) in [5.41, 5.74) is 1.78. The van der Waals surface area contributed by atoms with Crippen molar-refractivity contribution in [1.29, 1.82) is 0 Å². The molecule has 2 aromatic rings. The number of nitrogens with zero attached hydrogens (tertiary/aromatic N) is 2. The van der Waals surface area contributed by atoms with Crippen LogP contribution in [0.15, 0.2) is 30.5 Å². The first-order valence-electron chi connectivity index (χ1n) is 5.77. The zero-order valence-corrected chi connectivity index (χ0v) is 11.0. The highest BCUT2D eigenvalue weighted by atomic mass is 35.5. The van der Waals surface area contributed by atoms with Crippen molar-refractivity contribution >= 4 is 29.2 Å². The first kappa shape index (κ1) is 11.8. The van der Waals surface area contributed by atoms with E-state index in [0.29, 0.717) is 22.0 Å². The Hall–Kier alpha value is -1.32. The monoisotopic (exact) mass is 279 g/mol. The molecule has 1 saturated carbocycles. The van der Waals surface area contributed by atoms with Gasteiger partial charge in [-0.05, 0) is 31.0 Å². The van der Waals surface area contributed by atoms with Gasteiger partial charge in [0.1, 0.15) is 0 Å². The number of benzene rings is 1. The highest BCUT2D eigenvalue weighted by Gasteiger charge is 2.21. The van der Waals surface area contributed by atoms with Crippen molar-refractivity contribution in [2.45, 2.75) is 18.9 Å². The van der Waals surface area contributed by atoms with E-state index in [0.717, 1.165) is 11.3 Å². The van der Waals surface area contributed by atoms with Gasteiger partial charge < -0.3 is 5.32 Å². The van der Waals surface area contributed by atoms with E-state index in [2.05, 4.69) is 15.3 Å². The molecule has 3 rings (SSSR count). The molecule has 0 bridgehead atoms. The molecule has 0 unspecified atom stereocenters. The summed E-state index contributed by atoms with van der Waals surface area (Å²) in [6, 6.07) is 7.88. The molecule has 1 aromatic heterocycles. The minimum Gasteiger partial charge on any atom is -0.351 e. The molecule has 1 fully saturated rings. The van der Waals surface area contributed by atoms with Gasteiger partial charge in [-0.3, -0.25) is 0 Å². The van der Waals surface area contributed by atoms with Gasteiger partial charge in [-0.15, -0.1) is 0 Å². The Morgan fingerprint density at radius 1 is 1.11 bits per heavy atom. The lowest BCUT2D eigenvalue weighted by Gasteiger charge is -2.06. The second-order valence-corrected chi connectivity index (χ2v) is 5.13. The second kappa shape index (κ2) is 4.75. The topological polar surface area (TPSA) is 37.8 Å². The van der Waals surface area contributed by atoms with Crippen molar-refractivity contribution in [3.8, 4) is 11.3 Å². The van der Waals surface area contributed by atoms with Gasteiger partial charge in [0.05, 0.1) is 15.7 Å². The van der Waals surface area contributed by atoms with E-state index >= 15 is 0 Å². The maximum Gasteiger partial charge on any atom is 0.223 e. The van der Waals surface area contributed by atoms with Crippen LogP contribution in [0.5, 0.6) is 0 Å². The number of rotatable bonds is 3. The number of aromatic nitrogens is 2. The summed E-state index contributed by atoms with van der Waals surface area (Å²) in [5, 5.41) is 4.35. The van der Waals surface area contributed by atoms with Crippen LogP contribution < -0.4 is 5.32 Å². The summed E-state index contributed by atoms with van der Waals surface area (Å²) < 4.78 is 0. The molecule has 0 aliphatic heterocycles. The third-order valence-corrected chi connectivity index (χ3v) is 3.52. The SMILES string of the molecule is Clc1ccc(-c2ccnc(NC3CC3)n2)cc1Cl. The van der Waals surface area contributed by atoms with Gasteiger partial charge in [-0.25, -0.2) is 9.97 Å². The minimum atomic E-state index is 0.532. The van der Waals surface area contributed by atoms with Gasteiger partial charge >= 0.3 is 0 Å². The molecule has 0 spiro atoms. The van der Waals surface area contributed by atoms with Crippen LogP contribution in [-0.2, 0) is 0 Å². The standard InChI is InChI=1S/C13H11Cl2N3/c14-10-4-1-8(7-11(10)15)12-5-6-16-13(18-12)17-9-2-3-9/h1,4-7,9H,2-3H2,(H,16,17,18). The van der Waals surface area contributed by atoms with Crippen molar-refractivity contribution in [1.82, 2.24) is 9.97 Å². The fraction of sp³-hybridized carbons (Fsp3) is 0.231. The van der Waals surface area contributed by atoms with Gasteiger partial charge in [0.25, 0.3) is 0 Å².